The first-order chi connectivity index (χ1) is 8.84. The number of carbonyl (C=O) groups excluding carboxylic acids is 1. The molecule has 5 nitrogen and oxygen atoms in total. The minimum Gasteiger partial charge on any atom is -0.508 e. The molecule has 1 aromatic carbocycles. The Morgan fingerprint density at radius 1 is 1.42 bits per heavy atom. The summed E-state index contributed by atoms with van der Waals surface area (Å²) in [6.07, 6.45) is 0.430. The highest BCUT2D eigenvalue weighted by Crippen LogP contribution is 2.11. The average Bonchev–Trinajstić information content (AvgIpc) is 2.38. The minimum atomic E-state index is -0.614. The highest BCUT2D eigenvalue weighted by molar-refractivity contribution is 5.81. The van der Waals surface area contributed by atoms with Crippen molar-refractivity contribution in [2.24, 2.45) is 5.73 Å². The summed E-state index contributed by atoms with van der Waals surface area (Å²) < 4.78 is 5.22. The Labute approximate surface area is 113 Å². The normalized spacial score (nSPS) is 13.1. The van der Waals surface area contributed by atoms with Gasteiger partial charge in [0.2, 0.25) is 5.91 Å². The van der Waals surface area contributed by atoms with Gasteiger partial charge in [0.25, 0.3) is 0 Å². The summed E-state index contributed by atoms with van der Waals surface area (Å²) in [5, 5.41) is 11.9. The molecule has 1 amide bonds. The summed E-state index contributed by atoms with van der Waals surface area (Å²) in [5.41, 5.74) is 6.34. The molecule has 0 radical (unpaired) electrons. The molecule has 0 aliphatic carbocycles. The zero-order valence-electron chi connectivity index (χ0n) is 11.6. The summed E-state index contributed by atoms with van der Waals surface area (Å²) in [4.78, 5) is 11.8. The van der Waals surface area contributed by atoms with Gasteiger partial charge in [-0.15, -0.1) is 0 Å². The molecule has 0 unspecified atom stereocenters. The van der Waals surface area contributed by atoms with Crippen LogP contribution in [-0.2, 0) is 16.0 Å². The van der Waals surface area contributed by atoms with E-state index in [4.69, 9.17) is 10.5 Å². The van der Waals surface area contributed by atoms with E-state index >= 15 is 0 Å². The molecule has 106 valence electrons. The van der Waals surface area contributed by atoms with Gasteiger partial charge < -0.3 is 20.9 Å². The molecule has 1 rings (SSSR count). The van der Waals surface area contributed by atoms with Gasteiger partial charge in [0.1, 0.15) is 5.75 Å². The van der Waals surface area contributed by atoms with Crippen molar-refractivity contribution < 1.29 is 14.6 Å². The zero-order chi connectivity index (χ0) is 14.5. The van der Waals surface area contributed by atoms with Crippen LogP contribution >= 0.6 is 0 Å². The van der Waals surface area contributed by atoms with E-state index in [-0.39, 0.29) is 11.7 Å². The van der Waals surface area contributed by atoms with E-state index in [0.717, 1.165) is 5.56 Å². The molecule has 1 aromatic rings. The van der Waals surface area contributed by atoms with Gasteiger partial charge in [0, 0.05) is 13.7 Å². The first-order valence-corrected chi connectivity index (χ1v) is 6.20. The van der Waals surface area contributed by atoms with E-state index in [1.165, 1.54) is 0 Å². The summed E-state index contributed by atoms with van der Waals surface area (Å²) in [6.45, 7) is 4.18. The number of hydrogen-bond acceptors (Lipinski definition) is 4. The molecule has 1 atom stereocenters. The third-order valence-electron chi connectivity index (χ3n) is 2.97. The van der Waals surface area contributed by atoms with Crippen molar-refractivity contribution in [3.63, 3.8) is 0 Å². The van der Waals surface area contributed by atoms with Crippen LogP contribution in [0, 0.1) is 0 Å². The number of nitrogens with two attached hydrogens (primary N) is 1. The number of methoxy groups -OCH3 is 1. The lowest BCUT2D eigenvalue weighted by Crippen LogP contribution is -2.47. The lowest BCUT2D eigenvalue weighted by Gasteiger charge is -2.24. The topological polar surface area (TPSA) is 84.6 Å². The Bertz CT molecular complexity index is 415. The number of phenols is 1. The first-order valence-electron chi connectivity index (χ1n) is 6.20. The molecular weight excluding hydrogens is 244 g/mol. The van der Waals surface area contributed by atoms with Crippen molar-refractivity contribution in [2.75, 3.05) is 13.7 Å². The number of amides is 1. The molecule has 0 heterocycles. The predicted octanol–water partition coefficient (Wildman–Crippen LogP) is 0.803. The van der Waals surface area contributed by atoms with Gasteiger partial charge in [-0.05, 0) is 38.0 Å². The van der Waals surface area contributed by atoms with Crippen LogP contribution in [-0.4, -0.2) is 36.3 Å². The molecule has 19 heavy (non-hydrogen) atoms. The minimum absolute atomic E-state index is 0.198. The number of rotatable bonds is 6. The van der Waals surface area contributed by atoms with Gasteiger partial charge >= 0.3 is 0 Å². The second-order valence-corrected chi connectivity index (χ2v) is 5.16. The Balaban J connectivity index is 2.47. The van der Waals surface area contributed by atoms with Crippen molar-refractivity contribution in [1.82, 2.24) is 5.32 Å². The predicted molar refractivity (Wildman–Crippen MR) is 73.9 cm³/mol. The van der Waals surface area contributed by atoms with Crippen LogP contribution in [0.5, 0.6) is 5.75 Å². The van der Waals surface area contributed by atoms with Crippen LogP contribution in [0.4, 0.5) is 0 Å². The maximum Gasteiger partial charge on any atom is 0.237 e. The number of ether oxygens (including phenoxy) is 1. The van der Waals surface area contributed by atoms with Crippen molar-refractivity contribution in [3.8, 4) is 5.75 Å². The first kappa shape index (κ1) is 15.5. The number of hydrogen-bond donors (Lipinski definition) is 3. The van der Waals surface area contributed by atoms with Gasteiger partial charge in [-0.1, -0.05) is 12.1 Å². The molecule has 0 aromatic heterocycles. The maximum atomic E-state index is 11.8. The van der Waals surface area contributed by atoms with Gasteiger partial charge in [0.15, 0.2) is 0 Å². The molecule has 5 heteroatoms. The van der Waals surface area contributed by atoms with Gasteiger partial charge in [-0.3, -0.25) is 4.79 Å². The summed E-state index contributed by atoms with van der Waals surface area (Å²) >= 11 is 0. The van der Waals surface area contributed by atoms with Crippen LogP contribution < -0.4 is 11.1 Å². The summed E-state index contributed by atoms with van der Waals surface area (Å²) in [5.74, 6) is -0.0122. The number of benzene rings is 1. The van der Waals surface area contributed by atoms with E-state index in [9.17, 15) is 9.90 Å². The van der Waals surface area contributed by atoms with Gasteiger partial charge in [-0.2, -0.15) is 0 Å². The third kappa shape index (κ3) is 5.28. The SMILES string of the molecule is COC(C)(C)CNC(=O)[C@@H](N)Cc1ccc(O)cc1. The second-order valence-electron chi connectivity index (χ2n) is 5.16. The number of aromatic hydroxyl groups is 1. The largest absolute Gasteiger partial charge is 0.508 e. The summed E-state index contributed by atoms with van der Waals surface area (Å²) in [7, 11) is 1.60. The molecule has 0 spiro atoms. The second kappa shape index (κ2) is 6.54. The lowest BCUT2D eigenvalue weighted by molar-refractivity contribution is -0.123. The Hall–Kier alpha value is -1.59. The van der Waals surface area contributed by atoms with E-state index in [1.54, 1.807) is 31.4 Å². The van der Waals surface area contributed by atoms with Crippen molar-refractivity contribution in [3.05, 3.63) is 29.8 Å². The van der Waals surface area contributed by atoms with E-state index in [0.29, 0.717) is 13.0 Å². The Kier molecular flexibility index (Phi) is 5.32. The van der Waals surface area contributed by atoms with E-state index < -0.39 is 11.6 Å². The van der Waals surface area contributed by atoms with Gasteiger partial charge in [-0.25, -0.2) is 0 Å². The van der Waals surface area contributed by atoms with Crippen LogP contribution in [0.3, 0.4) is 0 Å². The quantitative estimate of drug-likeness (QED) is 0.711. The molecule has 0 fully saturated rings. The van der Waals surface area contributed by atoms with Crippen LogP contribution in [0.1, 0.15) is 19.4 Å². The fourth-order valence-electron chi connectivity index (χ4n) is 1.48. The monoisotopic (exact) mass is 266 g/mol. The highest BCUT2D eigenvalue weighted by Gasteiger charge is 2.20. The Morgan fingerprint density at radius 2 is 2.00 bits per heavy atom. The molecule has 0 aliphatic heterocycles. The molecule has 0 bridgehead atoms. The van der Waals surface area contributed by atoms with E-state index in [2.05, 4.69) is 5.32 Å². The number of nitrogens with one attached hydrogen (secondary N) is 1. The highest BCUT2D eigenvalue weighted by atomic mass is 16.5. The third-order valence-corrected chi connectivity index (χ3v) is 2.97. The molecular formula is C14H22N2O3. The number of phenolic OH excluding ortho intramolecular Hbond substituents is 1. The lowest BCUT2D eigenvalue weighted by atomic mass is 10.1. The number of carbonyl (C=O) groups is 1. The van der Waals surface area contributed by atoms with Crippen LogP contribution in [0.25, 0.3) is 0 Å². The van der Waals surface area contributed by atoms with Crippen LogP contribution in [0.15, 0.2) is 24.3 Å². The van der Waals surface area contributed by atoms with Crippen molar-refractivity contribution in [1.29, 1.82) is 0 Å². The standard InChI is InChI=1S/C14H22N2O3/c1-14(2,19-3)9-16-13(18)12(15)8-10-4-6-11(17)7-5-10/h4-7,12,17H,8-9,15H2,1-3H3,(H,16,18)/t12-/m0/s1. The molecule has 0 saturated carbocycles. The van der Waals surface area contributed by atoms with Crippen molar-refractivity contribution >= 4 is 5.91 Å². The molecule has 0 saturated heterocycles. The fourth-order valence-corrected chi connectivity index (χ4v) is 1.48. The maximum absolute atomic E-state index is 11.8. The van der Waals surface area contributed by atoms with E-state index in [1.807, 2.05) is 13.8 Å². The van der Waals surface area contributed by atoms with Gasteiger partial charge in [0.05, 0.1) is 11.6 Å². The average molecular weight is 266 g/mol. The van der Waals surface area contributed by atoms with Crippen LogP contribution in [0.2, 0.25) is 0 Å². The molecule has 0 aliphatic rings. The smallest absolute Gasteiger partial charge is 0.237 e. The fraction of sp³-hybridized carbons (Fsp3) is 0.500. The Morgan fingerprint density at radius 3 is 2.53 bits per heavy atom. The summed E-state index contributed by atoms with van der Waals surface area (Å²) in [6, 6.07) is 6.04. The zero-order valence-corrected chi connectivity index (χ0v) is 11.6. The molecule has 4 N–H and O–H groups in total. The van der Waals surface area contributed by atoms with Crippen molar-refractivity contribution in [2.45, 2.75) is 31.9 Å².